The zero-order chi connectivity index (χ0) is 37.9. The number of aromatic carboxylic acids is 1. The van der Waals surface area contributed by atoms with E-state index in [0.29, 0.717) is 39.3 Å². The number of amides is 1. The van der Waals surface area contributed by atoms with Gasteiger partial charge in [0.25, 0.3) is 5.91 Å². The predicted molar refractivity (Wildman–Crippen MR) is 227 cm³/mol. The Labute approximate surface area is 347 Å². The van der Waals surface area contributed by atoms with Crippen LogP contribution < -0.4 is 20.9 Å². The molecule has 0 radical (unpaired) electrons. The topological polar surface area (TPSA) is 150 Å². The van der Waals surface area contributed by atoms with Gasteiger partial charge in [0.05, 0.1) is 22.5 Å². The third kappa shape index (κ3) is 10.6. The lowest BCUT2D eigenvalue weighted by Crippen LogP contribution is -2.35. The Hall–Kier alpha value is -3.02. The SMILES string of the molecule is Cc1cc(N)nc(Cl)n1.Cc1cc(NC(=O)c2ccc(I)cc2N2CCC3(CC2)CC3)nc(Cl)n1.O=C(O)c1ccc(I)cc1N1CCC2(CC1)CC2. The monoisotopic (exact) mass is 982 g/mol. The highest BCUT2D eigenvalue weighted by Crippen LogP contribution is 2.55. The first kappa shape index (κ1) is 39.7. The van der Waals surface area contributed by atoms with E-state index in [9.17, 15) is 14.7 Å². The summed E-state index contributed by atoms with van der Waals surface area (Å²) in [6.45, 7) is 7.66. The zero-order valence-electron chi connectivity index (χ0n) is 29.6. The van der Waals surface area contributed by atoms with Gasteiger partial charge in [0.15, 0.2) is 0 Å². The minimum absolute atomic E-state index is 0.133. The van der Waals surface area contributed by atoms with Crippen LogP contribution in [0.4, 0.5) is 23.0 Å². The molecule has 2 spiro atoms. The van der Waals surface area contributed by atoms with E-state index in [4.69, 9.17) is 28.9 Å². The number of nitrogens with zero attached hydrogens (tertiary/aromatic N) is 6. The molecule has 2 aliphatic carbocycles. The molecule has 2 aliphatic heterocycles. The van der Waals surface area contributed by atoms with E-state index in [0.717, 1.165) is 50.4 Å². The number of nitrogens with two attached hydrogens (primary N) is 1. The molecule has 4 aromatic rings. The lowest BCUT2D eigenvalue weighted by Gasteiger charge is -2.35. The molecule has 0 unspecified atom stereocenters. The molecule has 2 saturated carbocycles. The van der Waals surface area contributed by atoms with Gasteiger partial charge in [-0.2, -0.15) is 0 Å². The van der Waals surface area contributed by atoms with Gasteiger partial charge in [-0.1, -0.05) is 0 Å². The maximum Gasteiger partial charge on any atom is 0.337 e. The molecule has 11 nitrogen and oxygen atoms in total. The standard InChI is InChI=1S/C19H20ClIN4O.C14H16INO2.C5H6ClN3/c1-12-10-16(24-18(20)22-12)23-17(26)14-3-2-13(21)11-15(14)25-8-6-19(4-5-19)7-9-25;15-10-1-2-11(13(17)18)12(9-10)16-7-5-14(3-4-14)6-8-16;1-3-2-4(7)9-5(6)8-3/h2-3,10-11H,4-9H2,1H3,(H,22,23,24,26);1-2,9H,3-8H2,(H,17,18);2H,1H3,(H2,7,8,9). The van der Waals surface area contributed by atoms with Gasteiger partial charge in [-0.25, -0.2) is 24.7 Å². The number of carboxylic acids is 1. The summed E-state index contributed by atoms with van der Waals surface area (Å²) in [6, 6.07) is 14.9. The summed E-state index contributed by atoms with van der Waals surface area (Å²) in [4.78, 5) is 44.4. The van der Waals surface area contributed by atoms with Crippen molar-refractivity contribution in [3.8, 4) is 0 Å². The normalized spacial score (nSPS) is 17.6. The van der Waals surface area contributed by atoms with Gasteiger partial charge < -0.3 is 26.0 Å². The van der Waals surface area contributed by atoms with Crippen molar-refractivity contribution in [1.29, 1.82) is 0 Å². The highest BCUT2D eigenvalue weighted by atomic mass is 127. The Kier molecular flexibility index (Phi) is 12.6. The van der Waals surface area contributed by atoms with Crippen LogP contribution in [0.15, 0.2) is 48.5 Å². The molecule has 0 atom stereocenters. The van der Waals surface area contributed by atoms with Crippen LogP contribution in [-0.2, 0) is 0 Å². The van der Waals surface area contributed by atoms with Crippen molar-refractivity contribution in [1.82, 2.24) is 19.9 Å². The van der Waals surface area contributed by atoms with E-state index >= 15 is 0 Å². The molecule has 4 fully saturated rings. The largest absolute Gasteiger partial charge is 0.478 e. The second kappa shape index (κ2) is 16.8. The Balaban J connectivity index is 0.000000153. The van der Waals surface area contributed by atoms with Crippen molar-refractivity contribution in [3.05, 3.63) is 88.8 Å². The van der Waals surface area contributed by atoms with Crippen molar-refractivity contribution >= 4 is 103 Å². The lowest BCUT2D eigenvalue weighted by molar-refractivity contribution is 0.0697. The number of hydrogen-bond donors (Lipinski definition) is 3. The van der Waals surface area contributed by atoms with Crippen molar-refractivity contribution in [2.45, 2.75) is 65.2 Å². The molecule has 1 amide bonds. The average Bonchev–Trinajstić information content (AvgIpc) is 4.03. The minimum atomic E-state index is -0.826. The average molecular weight is 984 g/mol. The maximum absolute atomic E-state index is 12.9. The lowest BCUT2D eigenvalue weighted by atomic mass is 9.93. The molecule has 8 rings (SSSR count). The fourth-order valence-electron chi connectivity index (χ4n) is 7.04. The highest BCUT2D eigenvalue weighted by Gasteiger charge is 2.45. The molecule has 2 saturated heterocycles. The summed E-state index contributed by atoms with van der Waals surface area (Å²) in [5.74, 6) is -0.162. The van der Waals surface area contributed by atoms with Crippen LogP contribution in [-0.4, -0.2) is 63.1 Å². The number of aryl methyl sites for hydroxylation is 2. The molecule has 4 heterocycles. The molecule has 53 heavy (non-hydrogen) atoms. The Morgan fingerprint density at radius 2 is 1.15 bits per heavy atom. The van der Waals surface area contributed by atoms with Crippen molar-refractivity contribution in [3.63, 3.8) is 0 Å². The van der Waals surface area contributed by atoms with Gasteiger partial charge in [-0.15, -0.1) is 0 Å². The van der Waals surface area contributed by atoms with E-state index in [-0.39, 0.29) is 16.5 Å². The second-order valence-electron chi connectivity index (χ2n) is 14.4. The third-order valence-corrected chi connectivity index (χ3v) is 12.2. The van der Waals surface area contributed by atoms with Crippen LogP contribution in [0.2, 0.25) is 10.6 Å². The highest BCUT2D eigenvalue weighted by molar-refractivity contribution is 14.1. The number of rotatable bonds is 5. The fourth-order valence-corrected chi connectivity index (χ4v) is 8.44. The number of carbonyl (C=O) groups is 2. The van der Waals surface area contributed by atoms with Crippen molar-refractivity contribution < 1.29 is 14.7 Å². The van der Waals surface area contributed by atoms with Crippen LogP contribution in [0.3, 0.4) is 0 Å². The zero-order valence-corrected chi connectivity index (χ0v) is 35.5. The smallest absolute Gasteiger partial charge is 0.337 e. The van der Waals surface area contributed by atoms with Crippen molar-refractivity contribution in [2.24, 2.45) is 10.8 Å². The number of piperidine rings is 2. The van der Waals surface area contributed by atoms with Crippen LogP contribution in [0.1, 0.15) is 83.5 Å². The molecular weight excluding hydrogens is 941 g/mol. The molecule has 4 N–H and O–H groups in total. The fraction of sp³-hybridized carbons (Fsp3) is 0.421. The van der Waals surface area contributed by atoms with Crippen molar-refractivity contribution in [2.75, 3.05) is 47.0 Å². The summed E-state index contributed by atoms with van der Waals surface area (Å²) in [7, 11) is 0. The predicted octanol–water partition coefficient (Wildman–Crippen LogP) is 9.07. The quantitative estimate of drug-likeness (QED) is 0.131. The summed E-state index contributed by atoms with van der Waals surface area (Å²) in [5, 5.41) is 12.5. The number of benzene rings is 2. The van der Waals surface area contributed by atoms with Gasteiger partial charge in [-0.3, -0.25) is 4.79 Å². The number of aromatic nitrogens is 4. The summed E-state index contributed by atoms with van der Waals surface area (Å²) >= 11 is 15.9. The second-order valence-corrected chi connectivity index (χ2v) is 17.6. The van der Waals surface area contributed by atoms with E-state index < -0.39 is 5.97 Å². The maximum atomic E-state index is 12.9. The molecular formula is C38H42Cl2I2N8O3. The van der Waals surface area contributed by atoms with E-state index in [1.165, 1.54) is 51.4 Å². The Morgan fingerprint density at radius 1 is 0.698 bits per heavy atom. The van der Waals surface area contributed by atoms with E-state index in [1.807, 2.05) is 38.1 Å². The Bertz CT molecular complexity index is 1920. The first-order chi connectivity index (χ1) is 25.2. The van der Waals surface area contributed by atoms with Gasteiger partial charge in [0.2, 0.25) is 10.6 Å². The number of carboxylic acid groups (broad SMARTS) is 1. The first-order valence-electron chi connectivity index (χ1n) is 17.6. The Morgan fingerprint density at radius 3 is 1.58 bits per heavy atom. The number of carbonyl (C=O) groups excluding carboxylic acids is 1. The van der Waals surface area contributed by atoms with Crippen LogP contribution >= 0.6 is 68.4 Å². The number of nitrogens with one attached hydrogen (secondary N) is 1. The van der Waals surface area contributed by atoms with Crippen LogP contribution in [0, 0.1) is 31.8 Å². The van der Waals surface area contributed by atoms with Crippen LogP contribution in [0.25, 0.3) is 0 Å². The third-order valence-electron chi connectivity index (χ3n) is 10.6. The van der Waals surface area contributed by atoms with Crippen LogP contribution in [0.5, 0.6) is 0 Å². The van der Waals surface area contributed by atoms with Gasteiger partial charge in [-0.05, 0) is 181 Å². The molecule has 2 aromatic carbocycles. The summed E-state index contributed by atoms with van der Waals surface area (Å²) in [5.41, 5.74) is 11.1. The first-order valence-corrected chi connectivity index (χ1v) is 20.6. The van der Waals surface area contributed by atoms with Gasteiger partial charge in [0.1, 0.15) is 11.6 Å². The minimum Gasteiger partial charge on any atom is -0.478 e. The molecule has 280 valence electrons. The molecule has 0 bridgehead atoms. The summed E-state index contributed by atoms with van der Waals surface area (Å²) in [6.07, 6.45) is 10.4. The van der Waals surface area contributed by atoms with E-state index in [2.05, 4.69) is 86.3 Å². The molecule has 15 heteroatoms. The van der Waals surface area contributed by atoms with Gasteiger partial charge in [0, 0.05) is 56.8 Å². The van der Waals surface area contributed by atoms with E-state index in [1.54, 1.807) is 18.2 Å². The molecule has 4 aliphatic rings. The summed E-state index contributed by atoms with van der Waals surface area (Å²) < 4.78 is 2.22. The number of halogens is 4. The molecule has 2 aromatic heterocycles. The number of hydrogen-bond acceptors (Lipinski definition) is 9. The number of nitrogen functional groups attached to an aromatic ring is 1. The van der Waals surface area contributed by atoms with Gasteiger partial charge >= 0.3 is 5.97 Å². The number of anilines is 4.